The molecule has 0 bridgehead atoms. The van der Waals surface area contributed by atoms with Crippen LogP contribution < -0.4 is 10.1 Å². The molecule has 1 aromatic rings. The highest BCUT2D eigenvalue weighted by Gasteiger charge is 2.07. The quantitative estimate of drug-likeness (QED) is 0.769. The molecule has 0 saturated carbocycles. The zero-order valence-electron chi connectivity index (χ0n) is 9.66. The molecule has 0 aliphatic rings. The van der Waals surface area contributed by atoms with Crippen LogP contribution in [0.15, 0.2) is 12.4 Å². The Bertz CT molecular complexity index is 291. The highest BCUT2D eigenvalue weighted by atomic mass is 16.5. The van der Waals surface area contributed by atoms with Gasteiger partial charge in [-0.1, -0.05) is 13.8 Å². The summed E-state index contributed by atoms with van der Waals surface area (Å²) in [4.78, 5) is 8.42. The minimum atomic E-state index is 0.469. The van der Waals surface area contributed by atoms with Gasteiger partial charge in [0.2, 0.25) is 5.88 Å². The molecule has 1 aromatic heterocycles. The third-order valence-electron chi connectivity index (χ3n) is 2.31. The molecule has 4 heteroatoms. The summed E-state index contributed by atoms with van der Waals surface area (Å²) in [5, 5.41) is 3.41. The first-order chi connectivity index (χ1) is 7.30. The normalized spacial score (nSPS) is 12.5. The van der Waals surface area contributed by atoms with Crippen molar-refractivity contribution < 1.29 is 4.74 Å². The van der Waals surface area contributed by atoms with Crippen molar-refractivity contribution in [3.8, 4) is 5.88 Å². The van der Waals surface area contributed by atoms with E-state index in [1.807, 2.05) is 0 Å². The minimum Gasteiger partial charge on any atom is -0.480 e. The average molecular weight is 209 g/mol. The SMILES string of the molecule is CCNC(CC)Cc1cncc(OC)n1. The lowest BCUT2D eigenvalue weighted by molar-refractivity contribution is 0.392. The van der Waals surface area contributed by atoms with Crippen LogP contribution >= 0.6 is 0 Å². The number of nitrogens with one attached hydrogen (secondary N) is 1. The van der Waals surface area contributed by atoms with Gasteiger partial charge in [0.05, 0.1) is 19.0 Å². The number of likely N-dealkylation sites (N-methyl/N-ethyl adjacent to an activating group) is 1. The summed E-state index contributed by atoms with van der Waals surface area (Å²) < 4.78 is 5.04. The molecule has 0 saturated heterocycles. The fourth-order valence-corrected chi connectivity index (χ4v) is 1.49. The van der Waals surface area contributed by atoms with Gasteiger partial charge in [-0.25, -0.2) is 4.98 Å². The van der Waals surface area contributed by atoms with Gasteiger partial charge in [-0.2, -0.15) is 0 Å². The van der Waals surface area contributed by atoms with Crippen LogP contribution in [0.4, 0.5) is 0 Å². The molecule has 0 amide bonds. The maximum Gasteiger partial charge on any atom is 0.232 e. The van der Waals surface area contributed by atoms with E-state index in [-0.39, 0.29) is 0 Å². The lowest BCUT2D eigenvalue weighted by Gasteiger charge is -2.14. The van der Waals surface area contributed by atoms with Crippen LogP contribution in [0.3, 0.4) is 0 Å². The van der Waals surface area contributed by atoms with Gasteiger partial charge in [-0.05, 0) is 13.0 Å². The average Bonchev–Trinajstić information content (AvgIpc) is 2.29. The Morgan fingerprint density at radius 3 is 2.80 bits per heavy atom. The summed E-state index contributed by atoms with van der Waals surface area (Å²) in [7, 11) is 1.61. The Morgan fingerprint density at radius 1 is 1.40 bits per heavy atom. The monoisotopic (exact) mass is 209 g/mol. The van der Waals surface area contributed by atoms with E-state index in [4.69, 9.17) is 4.74 Å². The Balaban J connectivity index is 2.61. The molecule has 1 atom stereocenters. The van der Waals surface area contributed by atoms with Crippen molar-refractivity contribution in [3.63, 3.8) is 0 Å². The second kappa shape index (κ2) is 6.35. The Kier molecular flexibility index (Phi) is 5.04. The van der Waals surface area contributed by atoms with Crippen LogP contribution in [0.2, 0.25) is 0 Å². The van der Waals surface area contributed by atoms with Crippen molar-refractivity contribution in [1.82, 2.24) is 15.3 Å². The predicted molar refractivity (Wildman–Crippen MR) is 60.0 cm³/mol. The van der Waals surface area contributed by atoms with Crippen molar-refractivity contribution in [3.05, 3.63) is 18.1 Å². The highest BCUT2D eigenvalue weighted by molar-refractivity contribution is 5.09. The molecule has 84 valence electrons. The van der Waals surface area contributed by atoms with E-state index in [1.54, 1.807) is 19.5 Å². The third-order valence-corrected chi connectivity index (χ3v) is 2.31. The standard InChI is InChI=1S/C11H19N3O/c1-4-9(13-5-2)6-10-7-12-8-11(14-10)15-3/h7-9,13H,4-6H2,1-3H3. The van der Waals surface area contributed by atoms with Crippen LogP contribution in [0.25, 0.3) is 0 Å². The lowest BCUT2D eigenvalue weighted by atomic mass is 10.1. The molecular formula is C11H19N3O. The Labute approximate surface area is 91.1 Å². The predicted octanol–water partition coefficient (Wildman–Crippen LogP) is 1.42. The van der Waals surface area contributed by atoms with Crippen LogP contribution in [-0.4, -0.2) is 29.7 Å². The van der Waals surface area contributed by atoms with Gasteiger partial charge < -0.3 is 10.1 Å². The van der Waals surface area contributed by atoms with Gasteiger partial charge in [0.1, 0.15) is 0 Å². The van der Waals surface area contributed by atoms with E-state index in [1.165, 1.54) is 0 Å². The fraction of sp³-hybridized carbons (Fsp3) is 0.636. The molecule has 0 radical (unpaired) electrons. The summed E-state index contributed by atoms with van der Waals surface area (Å²) >= 11 is 0. The van der Waals surface area contributed by atoms with Crippen LogP contribution in [0, 0.1) is 0 Å². The molecule has 15 heavy (non-hydrogen) atoms. The summed E-state index contributed by atoms with van der Waals surface area (Å²) in [5.41, 5.74) is 0.974. The van der Waals surface area contributed by atoms with E-state index < -0.39 is 0 Å². The third kappa shape index (κ3) is 3.83. The molecule has 1 unspecified atom stereocenters. The van der Waals surface area contributed by atoms with E-state index in [9.17, 15) is 0 Å². The Morgan fingerprint density at radius 2 is 2.20 bits per heavy atom. The van der Waals surface area contributed by atoms with Crippen LogP contribution in [-0.2, 0) is 6.42 Å². The number of nitrogens with zero attached hydrogens (tertiary/aromatic N) is 2. The van der Waals surface area contributed by atoms with E-state index in [0.29, 0.717) is 11.9 Å². The second-order valence-electron chi connectivity index (χ2n) is 3.42. The summed E-state index contributed by atoms with van der Waals surface area (Å²) in [6, 6.07) is 0.469. The first-order valence-corrected chi connectivity index (χ1v) is 5.38. The van der Waals surface area contributed by atoms with Crippen molar-refractivity contribution in [2.45, 2.75) is 32.7 Å². The van der Waals surface area contributed by atoms with Gasteiger partial charge in [-0.15, -0.1) is 0 Å². The van der Waals surface area contributed by atoms with Gasteiger partial charge in [-0.3, -0.25) is 4.98 Å². The van der Waals surface area contributed by atoms with Gasteiger partial charge in [0.15, 0.2) is 0 Å². The van der Waals surface area contributed by atoms with Crippen molar-refractivity contribution >= 4 is 0 Å². The number of aromatic nitrogens is 2. The zero-order valence-corrected chi connectivity index (χ0v) is 9.66. The van der Waals surface area contributed by atoms with Crippen molar-refractivity contribution in [1.29, 1.82) is 0 Å². The van der Waals surface area contributed by atoms with Gasteiger partial charge in [0.25, 0.3) is 0 Å². The molecular weight excluding hydrogens is 190 g/mol. The topological polar surface area (TPSA) is 47.0 Å². The molecule has 4 nitrogen and oxygen atoms in total. The van der Waals surface area contributed by atoms with E-state index in [0.717, 1.165) is 25.1 Å². The molecule has 1 N–H and O–H groups in total. The maximum absolute atomic E-state index is 5.04. The van der Waals surface area contributed by atoms with Crippen molar-refractivity contribution in [2.75, 3.05) is 13.7 Å². The maximum atomic E-state index is 5.04. The van der Waals surface area contributed by atoms with E-state index in [2.05, 4.69) is 29.1 Å². The number of methoxy groups -OCH3 is 1. The molecule has 0 fully saturated rings. The largest absolute Gasteiger partial charge is 0.480 e. The molecule has 0 aliphatic heterocycles. The number of hydrogen-bond donors (Lipinski definition) is 1. The van der Waals surface area contributed by atoms with Crippen LogP contribution in [0.1, 0.15) is 26.0 Å². The molecule has 0 aromatic carbocycles. The molecule has 1 heterocycles. The number of hydrogen-bond acceptors (Lipinski definition) is 4. The first-order valence-electron chi connectivity index (χ1n) is 5.38. The minimum absolute atomic E-state index is 0.469. The molecule has 1 rings (SSSR count). The lowest BCUT2D eigenvalue weighted by Crippen LogP contribution is -2.30. The summed E-state index contributed by atoms with van der Waals surface area (Å²) in [6.07, 6.45) is 5.40. The zero-order chi connectivity index (χ0) is 11.1. The number of ether oxygens (including phenoxy) is 1. The van der Waals surface area contributed by atoms with E-state index >= 15 is 0 Å². The van der Waals surface area contributed by atoms with Crippen molar-refractivity contribution in [2.24, 2.45) is 0 Å². The highest BCUT2D eigenvalue weighted by Crippen LogP contribution is 2.07. The second-order valence-corrected chi connectivity index (χ2v) is 3.42. The number of rotatable bonds is 6. The van der Waals surface area contributed by atoms with Gasteiger partial charge in [0, 0.05) is 18.7 Å². The summed E-state index contributed by atoms with van der Waals surface area (Å²) in [6.45, 7) is 5.26. The smallest absolute Gasteiger partial charge is 0.232 e. The molecule has 0 aliphatic carbocycles. The van der Waals surface area contributed by atoms with Gasteiger partial charge >= 0.3 is 0 Å². The fourth-order valence-electron chi connectivity index (χ4n) is 1.49. The molecule has 0 spiro atoms. The first kappa shape index (κ1) is 11.9. The van der Waals surface area contributed by atoms with Crippen LogP contribution in [0.5, 0.6) is 5.88 Å². The Hall–Kier alpha value is -1.16. The summed E-state index contributed by atoms with van der Waals surface area (Å²) in [5.74, 6) is 0.582.